The third kappa shape index (κ3) is 3.82. The van der Waals surface area contributed by atoms with Gasteiger partial charge in [0.1, 0.15) is 5.82 Å². The molecule has 0 bridgehead atoms. The van der Waals surface area contributed by atoms with Gasteiger partial charge in [-0.15, -0.1) is 0 Å². The quantitative estimate of drug-likeness (QED) is 0.761. The lowest BCUT2D eigenvalue weighted by molar-refractivity contribution is 0.102. The molecule has 1 fully saturated rings. The highest BCUT2D eigenvalue weighted by Crippen LogP contribution is 2.22. The summed E-state index contributed by atoms with van der Waals surface area (Å²) in [7, 11) is 2.13. The molecule has 4 rings (SSSR count). The lowest BCUT2D eigenvalue weighted by atomic mass is 10.0. The first-order chi connectivity index (χ1) is 13.5. The molecule has 1 aliphatic rings. The average Bonchev–Trinajstić information content (AvgIpc) is 2.69. The number of carbonyl (C=O) groups excluding carboxylic acids is 1. The highest BCUT2D eigenvalue weighted by Gasteiger charge is 2.16. The second-order valence-electron chi connectivity index (χ2n) is 7.48. The minimum Gasteiger partial charge on any atom is -0.354 e. The van der Waals surface area contributed by atoms with E-state index in [1.54, 1.807) is 6.20 Å². The van der Waals surface area contributed by atoms with E-state index in [-0.39, 0.29) is 5.91 Å². The predicted octanol–water partition coefficient (Wildman–Crippen LogP) is 3.25. The van der Waals surface area contributed by atoms with Crippen molar-refractivity contribution < 1.29 is 4.79 Å². The molecule has 144 valence electrons. The normalized spacial score (nSPS) is 15.0. The molecule has 1 N–H and O–H groups in total. The zero-order chi connectivity index (χ0) is 19.7. The molecule has 28 heavy (non-hydrogen) atoms. The van der Waals surface area contributed by atoms with Crippen LogP contribution in [0.15, 0.2) is 42.6 Å². The number of likely N-dealkylation sites (N-methyl/N-ethyl adjacent to an activating group) is 1. The predicted molar refractivity (Wildman–Crippen MR) is 113 cm³/mol. The molecule has 0 unspecified atom stereocenters. The van der Waals surface area contributed by atoms with Crippen molar-refractivity contribution in [1.82, 2.24) is 14.9 Å². The summed E-state index contributed by atoms with van der Waals surface area (Å²) in [6.07, 6.45) is 1.73. The van der Waals surface area contributed by atoms with E-state index in [0.717, 1.165) is 54.2 Å². The molecule has 1 aromatic carbocycles. The van der Waals surface area contributed by atoms with E-state index in [1.165, 1.54) is 0 Å². The van der Waals surface area contributed by atoms with Gasteiger partial charge in [-0.1, -0.05) is 11.6 Å². The fourth-order valence-corrected chi connectivity index (χ4v) is 3.54. The maximum Gasteiger partial charge on any atom is 0.256 e. The molecule has 6 nitrogen and oxygen atoms in total. The van der Waals surface area contributed by atoms with Crippen LogP contribution in [-0.2, 0) is 0 Å². The van der Waals surface area contributed by atoms with Gasteiger partial charge in [-0.2, -0.15) is 0 Å². The van der Waals surface area contributed by atoms with E-state index in [9.17, 15) is 4.79 Å². The first-order valence-corrected chi connectivity index (χ1v) is 9.58. The third-order valence-electron chi connectivity index (χ3n) is 5.17. The summed E-state index contributed by atoms with van der Waals surface area (Å²) in [4.78, 5) is 26.6. The number of anilines is 2. The van der Waals surface area contributed by atoms with Crippen LogP contribution in [0, 0.1) is 13.8 Å². The minimum atomic E-state index is -0.143. The van der Waals surface area contributed by atoms with Crippen molar-refractivity contribution in [3.8, 4) is 0 Å². The summed E-state index contributed by atoms with van der Waals surface area (Å²) in [5, 5.41) is 3.84. The molecule has 0 atom stereocenters. The minimum absolute atomic E-state index is 0.143. The molecule has 3 heterocycles. The summed E-state index contributed by atoms with van der Waals surface area (Å²) < 4.78 is 0. The van der Waals surface area contributed by atoms with Crippen molar-refractivity contribution in [3.63, 3.8) is 0 Å². The van der Waals surface area contributed by atoms with E-state index >= 15 is 0 Å². The molecule has 6 heteroatoms. The summed E-state index contributed by atoms with van der Waals surface area (Å²) >= 11 is 0. The topological polar surface area (TPSA) is 61.4 Å². The Hall–Kier alpha value is -2.99. The Balaban J connectivity index is 1.54. The first kappa shape index (κ1) is 18.4. The zero-order valence-corrected chi connectivity index (χ0v) is 16.6. The molecule has 0 spiro atoms. The number of aromatic nitrogens is 2. The van der Waals surface area contributed by atoms with Gasteiger partial charge in [0.05, 0.1) is 23.0 Å². The monoisotopic (exact) mass is 375 g/mol. The zero-order valence-electron chi connectivity index (χ0n) is 16.6. The fraction of sp³-hybridized carbons (Fsp3) is 0.318. The molecule has 1 saturated heterocycles. The van der Waals surface area contributed by atoms with Crippen molar-refractivity contribution >= 4 is 28.3 Å². The van der Waals surface area contributed by atoms with Crippen LogP contribution in [0.2, 0.25) is 0 Å². The standard InChI is InChI=1S/C22H25N5O/c1-15-4-6-20-18(12-15)19(13-16(2)24-20)22(28)25-17-5-7-21(23-14-17)27-10-8-26(3)9-11-27/h4-7,12-14H,8-11H2,1-3H3,(H,25,28). The van der Waals surface area contributed by atoms with Crippen LogP contribution in [0.25, 0.3) is 10.9 Å². The van der Waals surface area contributed by atoms with Crippen molar-refractivity contribution in [2.45, 2.75) is 13.8 Å². The largest absolute Gasteiger partial charge is 0.354 e. The van der Waals surface area contributed by atoms with Gasteiger partial charge in [0.25, 0.3) is 5.91 Å². The van der Waals surface area contributed by atoms with Gasteiger partial charge in [0.15, 0.2) is 0 Å². The Bertz CT molecular complexity index is 1010. The second-order valence-corrected chi connectivity index (χ2v) is 7.48. The van der Waals surface area contributed by atoms with E-state index in [4.69, 9.17) is 0 Å². The Morgan fingerprint density at radius 2 is 1.82 bits per heavy atom. The van der Waals surface area contributed by atoms with E-state index in [2.05, 4.69) is 32.1 Å². The summed E-state index contributed by atoms with van der Waals surface area (Å²) in [5.41, 5.74) is 4.09. The summed E-state index contributed by atoms with van der Waals surface area (Å²) in [6, 6.07) is 11.7. The molecule has 0 aliphatic carbocycles. The number of benzene rings is 1. The van der Waals surface area contributed by atoms with Crippen LogP contribution in [-0.4, -0.2) is 54.0 Å². The van der Waals surface area contributed by atoms with Crippen LogP contribution < -0.4 is 10.2 Å². The van der Waals surface area contributed by atoms with Gasteiger partial charge < -0.3 is 15.1 Å². The van der Waals surface area contributed by atoms with Crippen molar-refractivity contribution in [1.29, 1.82) is 0 Å². The highest BCUT2D eigenvalue weighted by molar-refractivity contribution is 6.12. The number of fused-ring (bicyclic) bond motifs is 1. The smallest absolute Gasteiger partial charge is 0.256 e. The van der Waals surface area contributed by atoms with Crippen molar-refractivity contribution in [3.05, 3.63) is 59.4 Å². The van der Waals surface area contributed by atoms with Crippen LogP contribution >= 0.6 is 0 Å². The molecule has 1 amide bonds. The third-order valence-corrected chi connectivity index (χ3v) is 5.17. The first-order valence-electron chi connectivity index (χ1n) is 9.58. The van der Waals surface area contributed by atoms with E-state index in [1.807, 2.05) is 50.2 Å². The number of carbonyl (C=O) groups is 1. The highest BCUT2D eigenvalue weighted by atomic mass is 16.1. The van der Waals surface area contributed by atoms with Crippen LogP contribution in [0.3, 0.4) is 0 Å². The molecule has 0 saturated carbocycles. The summed E-state index contributed by atoms with van der Waals surface area (Å²) in [6.45, 7) is 7.93. The lowest BCUT2D eigenvalue weighted by Gasteiger charge is -2.33. The van der Waals surface area contributed by atoms with Gasteiger partial charge in [-0.25, -0.2) is 4.98 Å². The number of nitrogens with one attached hydrogen (secondary N) is 1. The van der Waals surface area contributed by atoms with Crippen molar-refractivity contribution in [2.75, 3.05) is 43.4 Å². The Labute approximate surface area is 165 Å². The second kappa shape index (κ2) is 7.56. The van der Waals surface area contributed by atoms with Gasteiger partial charge in [-0.05, 0) is 51.2 Å². The molecule has 2 aromatic heterocycles. The van der Waals surface area contributed by atoms with Crippen LogP contribution in [0.5, 0.6) is 0 Å². The van der Waals surface area contributed by atoms with Crippen LogP contribution in [0.4, 0.5) is 11.5 Å². The van der Waals surface area contributed by atoms with E-state index in [0.29, 0.717) is 11.3 Å². The Kier molecular flexibility index (Phi) is 4.96. The number of amides is 1. The molecule has 3 aromatic rings. The number of piperazine rings is 1. The maximum atomic E-state index is 12.9. The number of aryl methyl sites for hydroxylation is 2. The van der Waals surface area contributed by atoms with Gasteiger partial charge in [0.2, 0.25) is 0 Å². The number of hydrogen-bond acceptors (Lipinski definition) is 5. The SMILES string of the molecule is Cc1ccc2nc(C)cc(C(=O)Nc3ccc(N4CCN(C)CC4)nc3)c2c1. The Morgan fingerprint density at radius 3 is 2.54 bits per heavy atom. The molecule has 1 aliphatic heterocycles. The molecular weight excluding hydrogens is 350 g/mol. The lowest BCUT2D eigenvalue weighted by Crippen LogP contribution is -2.44. The fourth-order valence-electron chi connectivity index (χ4n) is 3.54. The van der Waals surface area contributed by atoms with E-state index < -0.39 is 0 Å². The average molecular weight is 375 g/mol. The van der Waals surface area contributed by atoms with Gasteiger partial charge in [-0.3, -0.25) is 9.78 Å². The number of rotatable bonds is 3. The Morgan fingerprint density at radius 1 is 1.04 bits per heavy atom. The summed E-state index contributed by atoms with van der Waals surface area (Å²) in [5.74, 6) is 0.808. The molecule has 0 radical (unpaired) electrons. The number of nitrogens with zero attached hydrogens (tertiary/aromatic N) is 4. The maximum absolute atomic E-state index is 12.9. The van der Waals surface area contributed by atoms with Crippen molar-refractivity contribution in [2.24, 2.45) is 0 Å². The number of hydrogen-bond donors (Lipinski definition) is 1. The van der Waals surface area contributed by atoms with Gasteiger partial charge in [0, 0.05) is 37.3 Å². The molecular formula is C22H25N5O. The van der Waals surface area contributed by atoms with Crippen LogP contribution in [0.1, 0.15) is 21.6 Å². The number of pyridine rings is 2. The van der Waals surface area contributed by atoms with Gasteiger partial charge >= 0.3 is 0 Å².